The molecule has 1 aliphatic carbocycles. The summed E-state index contributed by atoms with van der Waals surface area (Å²) < 4.78 is 18.1. The van der Waals surface area contributed by atoms with Crippen LogP contribution >= 0.6 is 22.6 Å². The summed E-state index contributed by atoms with van der Waals surface area (Å²) in [4.78, 5) is 12.3. The molecule has 0 heterocycles. The van der Waals surface area contributed by atoms with Gasteiger partial charge in [-0.2, -0.15) is 0 Å². The van der Waals surface area contributed by atoms with Gasteiger partial charge in [0.15, 0.2) is 18.1 Å². The molecule has 0 saturated heterocycles. The van der Waals surface area contributed by atoms with Gasteiger partial charge in [0.25, 0.3) is 0 Å². The van der Waals surface area contributed by atoms with Gasteiger partial charge in [-0.3, -0.25) is 0 Å². The van der Waals surface area contributed by atoms with E-state index in [1.807, 2.05) is 19.1 Å². The van der Waals surface area contributed by atoms with E-state index in [9.17, 15) is 4.79 Å². The van der Waals surface area contributed by atoms with Crippen LogP contribution in [-0.4, -0.2) is 24.8 Å². The first-order valence-electron chi connectivity index (χ1n) is 8.97. The molecule has 0 unspecified atom stereocenters. The Hall–Kier alpha value is -1.24. The van der Waals surface area contributed by atoms with Crippen LogP contribution in [0.1, 0.15) is 57.9 Å². The van der Waals surface area contributed by atoms with Gasteiger partial charge in [0.05, 0.1) is 10.2 Å². The molecule has 1 aromatic carbocycles. The van der Waals surface area contributed by atoms with Crippen LogP contribution < -0.4 is 9.47 Å². The lowest BCUT2D eigenvalue weighted by Gasteiger charge is -2.35. The van der Waals surface area contributed by atoms with Crippen molar-refractivity contribution in [3.05, 3.63) is 27.8 Å². The molecule has 0 N–H and O–H groups in total. The first-order valence-corrected chi connectivity index (χ1v) is 10.0. The Kier molecular flexibility index (Phi) is 7.59. The number of esters is 1. The van der Waals surface area contributed by atoms with Gasteiger partial charge in [-0.15, -0.1) is 0 Å². The zero-order chi connectivity index (χ0) is 18.3. The third-order valence-corrected chi connectivity index (χ3v) is 5.44. The van der Waals surface area contributed by atoms with Crippen LogP contribution in [0.4, 0.5) is 0 Å². The molecule has 0 bridgehead atoms. The van der Waals surface area contributed by atoms with Gasteiger partial charge in [-0.1, -0.05) is 26.0 Å². The second-order valence-electron chi connectivity index (χ2n) is 6.33. The van der Waals surface area contributed by atoms with E-state index < -0.39 is 0 Å². The Bertz CT molecular complexity index is 606. The van der Waals surface area contributed by atoms with Crippen LogP contribution in [0.15, 0.2) is 18.7 Å². The molecule has 0 atom stereocenters. The van der Waals surface area contributed by atoms with Crippen LogP contribution in [0.3, 0.4) is 0 Å². The Morgan fingerprint density at radius 2 is 1.96 bits per heavy atom. The van der Waals surface area contributed by atoms with E-state index in [1.165, 1.54) is 6.42 Å². The maximum absolute atomic E-state index is 12.3. The molecule has 1 aliphatic rings. The molecule has 25 heavy (non-hydrogen) atoms. The highest BCUT2D eigenvalue weighted by molar-refractivity contribution is 14.1. The van der Waals surface area contributed by atoms with Crippen molar-refractivity contribution in [1.82, 2.24) is 0 Å². The van der Waals surface area contributed by atoms with Crippen molar-refractivity contribution in [2.24, 2.45) is 0 Å². The van der Waals surface area contributed by atoms with Crippen molar-refractivity contribution in [1.29, 1.82) is 0 Å². The van der Waals surface area contributed by atoms with Crippen molar-refractivity contribution in [2.45, 2.75) is 58.0 Å². The van der Waals surface area contributed by atoms with E-state index in [4.69, 9.17) is 14.2 Å². The largest absolute Gasteiger partial charge is 0.490 e. The molecule has 2 rings (SSSR count). The quantitative estimate of drug-likeness (QED) is 0.388. The highest BCUT2D eigenvalue weighted by Crippen LogP contribution is 2.36. The van der Waals surface area contributed by atoms with Crippen LogP contribution in [0.5, 0.6) is 11.5 Å². The summed E-state index contributed by atoms with van der Waals surface area (Å²) in [5.74, 6) is 0.897. The highest BCUT2D eigenvalue weighted by Gasteiger charge is 2.34. The Labute approximate surface area is 164 Å². The molecule has 0 aromatic heterocycles. The number of hydrogen-bond acceptors (Lipinski definition) is 4. The summed E-state index contributed by atoms with van der Waals surface area (Å²) in [5.41, 5.74) is 0.649. The number of halogens is 1. The van der Waals surface area contributed by atoms with Crippen molar-refractivity contribution < 1.29 is 19.0 Å². The number of carbonyl (C=O) groups excluding carboxylic acids is 1. The minimum absolute atomic E-state index is 0.106. The summed E-state index contributed by atoms with van der Waals surface area (Å²) in [6.45, 7) is 8.21. The molecule has 5 heteroatoms. The first-order chi connectivity index (χ1) is 12.0. The number of rotatable bonds is 8. The van der Waals surface area contributed by atoms with Crippen LogP contribution in [-0.2, 0) is 9.53 Å². The van der Waals surface area contributed by atoms with E-state index in [2.05, 4.69) is 36.1 Å². The molecule has 1 fully saturated rings. The van der Waals surface area contributed by atoms with Gasteiger partial charge >= 0.3 is 5.97 Å². The fraction of sp³-hybridized carbons (Fsp3) is 0.550. The SMILES string of the molecule is C=Cc1cc(I)c(OCC(=O)OC2(CC)CCCCC2)c(OCC)c1. The van der Waals surface area contributed by atoms with E-state index >= 15 is 0 Å². The summed E-state index contributed by atoms with van der Waals surface area (Å²) in [7, 11) is 0. The smallest absolute Gasteiger partial charge is 0.344 e. The number of hydrogen-bond donors (Lipinski definition) is 0. The minimum atomic E-state index is -0.310. The first kappa shape index (κ1) is 20.1. The van der Waals surface area contributed by atoms with Gasteiger partial charge in [0, 0.05) is 0 Å². The maximum atomic E-state index is 12.3. The van der Waals surface area contributed by atoms with Crippen molar-refractivity contribution in [3.8, 4) is 11.5 Å². The Morgan fingerprint density at radius 1 is 1.24 bits per heavy atom. The predicted octanol–water partition coefficient (Wildman–Crippen LogP) is 5.37. The molecule has 0 radical (unpaired) electrons. The van der Waals surface area contributed by atoms with Crippen LogP contribution in [0.2, 0.25) is 0 Å². The Morgan fingerprint density at radius 3 is 2.56 bits per heavy atom. The summed E-state index contributed by atoms with van der Waals surface area (Å²) in [5, 5.41) is 0. The topological polar surface area (TPSA) is 44.8 Å². The normalized spacial score (nSPS) is 16.1. The molecular weight excluding hydrogens is 431 g/mol. The summed E-state index contributed by atoms with van der Waals surface area (Å²) in [6.07, 6.45) is 7.98. The molecule has 1 saturated carbocycles. The molecule has 4 nitrogen and oxygen atoms in total. The van der Waals surface area contributed by atoms with Gasteiger partial charge in [-0.05, 0) is 79.3 Å². The molecule has 1 aromatic rings. The van der Waals surface area contributed by atoms with E-state index in [-0.39, 0.29) is 18.2 Å². The van der Waals surface area contributed by atoms with Crippen LogP contribution in [0.25, 0.3) is 6.08 Å². The van der Waals surface area contributed by atoms with Crippen molar-refractivity contribution in [3.63, 3.8) is 0 Å². The standard InChI is InChI=1S/C20H27IO4/c1-4-15-12-16(21)19(17(13-15)23-6-3)24-14-18(22)25-20(5-2)10-8-7-9-11-20/h4,12-13H,1,5-11,14H2,2-3H3. The van der Waals surface area contributed by atoms with Gasteiger partial charge in [0.1, 0.15) is 5.60 Å². The average molecular weight is 458 g/mol. The van der Waals surface area contributed by atoms with Gasteiger partial charge in [-0.25, -0.2) is 4.79 Å². The maximum Gasteiger partial charge on any atom is 0.344 e. The summed E-state index contributed by atoms with van der Waals surface area (Å²) in [6, 6.07) is 3.82. The fourth-order valence-electron chi connectivity index (χ4n) is 3.23. The van der Waals surface area contributed by atoms with E-state index in [0.29, 0.717) is 18.1 Å². The van der Waals surface area contributed by atoms with Gasteiger partial charge < -0.3 is 14.2 Å². The zero-order valence-electron chi connectivity index (χ0n) is 15.1. The molecule has 0 amide bonds. The molecule has 0 aliphatic heterocycles. The van der Waals surface area contributed by atoms with Crippen LogP contribution in [0, 0.1) is 3.57 Å². The monoisotopic (exact) mass is 458 g/mol. The molecule has 138 valence electrons. The second kappa shape index (κ2) is 9.46. The van der Waals surface area contributed by atoms with Gasteiger partial charge in [0.2, 0.25) is 0 Å². The minimum Gasteiger partial charge on any atom is -0.490 e. The average Bonchev–Trinajstić information content (AvgIpc) is 2.61. The molecular formula is C20H27IO4. The Balaban J connectivity index is 2.04. The van der Waals surface area contributed by atoms with E-state index in [1.54, 1.807) is 6.08 Å². The molecule has 0 spiro atoms. The fourth-order valence-corrected chi connectivity index (χ4v) is 4.02. The number of carbonyl (C=O) groups is 1. The summed E-state index contributed by atoms with van der Waals surface area (Å²) >= 11 is 2.18. The van der Waals surface area contributed by atoms with Crippen molar-refractivity contribution >= 4 is 34.6 Å². The third-order valence-electron chi connectivity index (χ3n) is 4.64. The van der Waals surface area contributed by atoms with Crippen molar-refractivity contribution in [2.75, 3.05) is 13.2 Å². The van der Waals surface area contributed by atoms with E-state index in [0.717, 1.165) is 41.2 Å². The lowest BCUT2D eigenvalue weighted by Crippen LogP contribution is -2.38. The number of benzene rings is 1. The predicted molar refractivity (Wildman–Crippen MR) is 108 cm³/mol. The zero-order valence-corrected chi connectivity index (χ0v) is 17.3. The lowest BCUT2D eigenvalue weighted by atomic mass is 9.83. The number of ether oxygens (including phenoxy) is 3. The highest BCUT2D eigenvalue weighted by atomic mass is 127. The lowest BCUT2D eigenvalue weighted by molar-refractivity contribution is -0.166. The second-order valence-corrected chi connectivity index (χ2v) is 7.49. The third kappa shape index (κ3) is 5.36.